The Balaban J connectivity index is 1.71. The number of carbonyl (C=O) groups is 1. The SMILES string of the molecule is CC(C)(C)c1ccc(-c2cc(C=NNC(=O)c3ccc(O)c(Cl)c3)ccn2)cc1. The summed E-state index contributed by atoms with van der Waals surface area (Å²) in [5.74, 6) is -0.498. The molecule has 0 aliphatic rings. The van der Waals surface area contributed by atoms with Crippen LogP contribution < -0.4 is 5.43 Å². The van der Waals surface area contributed by atoms with Crippen molar-refractivity contribution in [1.29, 1.82) is 0 Å². The summed E-state index contributed by atoms with van der Waals surface area (Å²) in [6.07, 6.45) is 3.25. The van der Waals surface area contributed by atoms with Crippen molar-refractivity contribution >= 4 is 23.7 Å². The first kappa shape index (κ1) is 20.6. The lowest BCUT2D eigenvalue weighted by Gasteiger charge is -2.19. The largest absolute Gasteiger partial charge is 0.506 e. The average Bonchev–Trinajstić information content (AvgIpc) is 2.69. The summed E-state index contributed by atoms with van der Waals surface area (Å²) in [4.78, 5) is 16.5. The highest BCUT2D eigenvalue weighted by molar-refractivity contribution is 6.32. The summed E-state index contributed by atoms with van der Waals surface area (Å²) in [5.41, 5.74) is 6.75. The third kappa shape index (κ3) is 5.21. The van der Waals surface area contributed by atoms with Gasteiger partial charge >= 0.3 is 0 Å². The molecule has 1 aromatic heterocycles. The number of hydrogen-bond donors (Lipinski definition) is 2. The normalized spacial score (nSPS) is 11.6. The Kier molecular flexibility index (Phi) is 5.99. The van der Waals surface area contributed by atoms with Crippen molar-refractivity contribution in [2.75, 3.05) is 0 Å². The molecule has 6 heteroatoms. The lowest BCUT2D eigenvalue weighted by atomic mass is 9.86. The first-order valence-electron chi connectivity index (χ1n) is 9.13. The van der Waals surface area contributed by atoms with Gasteiger partial charge in [0, 0.05) is 17.3 Å². The fourth-order valence-electron chi connectivity index (χ4n) is 2.70. The Hall–Kier alpha value is -3.18. The molecule has 1 heterocycles. The molecule has 2 aromatic carbocycles. The highest BCUT2D eigenvalue weighted by Crippen LogP contribution is 2.25. The number of phenolic OH excluding ortho intramolecular Hbond substituents is 1. The molecule has 1 amide bonds. The monoisotopic (exact) mass is 407 g/mol. The van der Waals surface area contributed by atoms with E-state index in [1.807, 2.05) is 6.07 Å². The molecule has 2 N–H and O–H groups in total. The van der Waals surface area contributed by atoms with Crippen molar-refractivity contribution < 1.29 is 9.90 Å². The Bertz CT molecular complexity index is 1050. The highest BCUT2D eigenvalue weighted by atomic mass is 35.5. The number of amides is 1. The third-order valence-electron chi connectivity index (χ3n) is 4.42. The summed E-state index contributed by atoms with van der Waals surface area (Å²) < 4.78 is 0. The molecule has 0 bridgehead atoms. The van der Waals surface area contributed by atoms with Crippen LogP contribution >= 0.6 is 11.6 Å². The van der Waals surface area contributed by atoms with Crippen LogP contribution in [-0.4, -0.2) is 22.2 Å². The second kappa shape index (κ2) is 8.45. The van der Waals surface area contributed by atoms with E-state index in [1.54, 1.807) is 18.5 Å². The average molecular weight is 408 g/mol. The second-order valence-electron chi connectivity index (χ2n) is 7.67. The molecule has 0 spiro atoms. The molecular weight excluding hydrogens is 386 g/mol. The fourth-order valence-corrected chi connectivity index (χ4v) is 2.88. The molecule has 0 saturated heterocycles. The quantitative estimate of drug-likeness (QED) is 0.462. The molecule has 3 aromatic rings. The zero-order chi connectivity index (χ0) is 21.0. The number of hydrazone groups is 1. The van der Waals surface area contributed by atoms with E-state index in [1.165, 1.54) is 23.8 Å². The number of pyridine rings is 1. The summed E-state index contributed by atoms with van der Waals surface area (Å²) in [6, 6.07) is 16.3. The van der Waals surface area contributed by atoms with Crippen LogP contribution in [0.1, 0.15) is 42.3 Å². The summed E-state index contributed by atoms with van der Waals surface area (Å²) >= 11 is 5.82. The highest BCUT2D eigenvalue weighted by Gasteiger charge is 2.13. The van der Waals surface area contributed by atoms with Crippen LogP contribution in [0, 0.1) is 0 Å². The smallest absolute Gasteiger partial charge is 0.271 e. The lowest BCUT2D eigenvalue weighted by molar-refractivity contribution is 0.0955. The van der Waals surface area contributed by atoms with E-state index >= 15 is 0 Å². The van der Waals surface area contributed by atoms with Gasteiger partial charge in [0.15, 0.2) is 0 Å². The zero-order valence-electron chi connectivity index (χ0n) is 16.5. The Morgan fingerprint density at radius 3 is 2.48 bits per heavy atom. The lowest BCUT2D eigenvalue weighted by Crippen LogP contribution is -2.17. The third-order valence-corrected chi connectivity index (χ3v) is 4.72. The molecule has 0 atom stereocenters. The summed E-state index contributed by atoms with van der Waals surface area (Å²) in [6.45, 7) is 6.53. The van der Waals surface area contributed by atoms with Crippen molar-refractivity contribution in [1.82, 2.24) is 10.4 Å². The van der Waals surface area contributed by atoms with Crippen LogP contribution in [0.3, 0.4) is 0 Å². The standard InChI is InChI=1S/C23H22ClN3O2/c1-23(2,3)18-7-4-16(5-8-18)20-12-15(10-11-25-20)14-26-27-22(29)17-6-9-21(28)19(24)13-17/h4-14,28H,1-3H3,(H,27,29). The number of aromatic hydroxyl groups is 1. The van der Waals surface area contributed by atoms with E-state index in [0.717, 1.165) is 16.8 Å². The van der Waals surface area contributed by atoms with E-state index in [4.69, 9.17) is 11.6 Å². The molecule has 0 saturated carbocycles. The van der Waals surface area contributed by atoms with Crippen molar-refractivity contribution in [3.8, 4) is 17.0 Å². The van der Waals surface area contributed by atoms with E-state index in [0.29, 0.717) is 5.56 Å². The number of aromatic nitrogens is 1. The summed E-state index contributed by atoms with van der Waals surface area (Å²) in [5, 5.41) is 13.5. The van der Waals surface area contributed by atoms with Gasteiger partial charge in [-0.25, -0.2) is 5.43 Å². The van der Waals surface area contributed by atoms with Gasteiger partial charge in [0.05, 0.1) is 16.9 Å². The Morgan fingerprint density at radius 1 is 1.10 bits per heavy atom. The molecule has 0 fully saturated rings. The molecule has 5 nitrogen and oxygen atoms in total. The molecule has 0 aliphatic heterocycles. The zero-order valence-corrected chi connectivity index (χ0v) is 17.2. The predicted octanol–water partition coefficient (Wildman–Crippen LogP) is 5.17. The van der Waals surface area contributed by atoms with Crippen molar-refractivity contribution in [2.24, 2.45) is 5.10 Å². The molecule has 148 valence electrons. The van der Waals surface area contributed by atoms with Gasteiger partial charge in [0.1, 0.15) is 5.75 Å². The number of phenols is 1. The van der Waals surface area contributed by atoms with Gasteiger partial charge in [-0.15, -0.1) is 0 Å². The molecule has 29 heavy (non-hydrogen) atoms. The van der Waals surface area contributed by atoms with Crippen molar-refractivity contribution in [2.45, 2.75) is 26.2 Å². The Labute approximate surface area is 175 Å². The van der Waals surface area contributed by atoms with E-state index in [-0.39, 0.29) is 16.2 Å². The molecular formula is C23H22ClN3O2. The molecule has 0 aliphatic carbocycles. The number of rotatable bonds is 4. The number of benzene rings is 2. The predicted molar refractivity (Wildman–Crippen MR) is 117 cm³/mol. The second-order valence-corrected chi connectivity index (χ2v) is 8.07. The van der Waals surface area contributed by atoms with E-state index < -0.39 is 5.91 Å². The van der Waals surface area contributed by atoms with E-state index in [9.17, 15) is 9.90 Å². The van der Waals surface area contributed by atoms with Gasteiger partial charge in [0.2, 0.25) is 0 Å². The molecule has 3 rings (SSSR count). The van der Waals surface area contributed by atoms with Crippen LogP contribution in [0.4, 0.5) is 0 Å². The van der Waals surface area contributed by atoms with Crippen molar-refractivity contribution in [3.63, 3.8) is 0 Å². The fraction of sp³-hybridized carbons (Fsp3) is 0.174. The minimum Gasteiger partial charge on any atom is -0.506 e. The molecule has 0 unspecified atom stereocenters. The maximum absolute atomic E-state index is 12.1. The van der Waals surface area contributed by atoms with Crippen LogP contribution in [-0.2, 0) is 5.41 Å². The van der Waals surface area contributed by atoms with Crippen LogP contribution in [0.5, 0.6) is 5.75 Å². The van der Waals surface area contributed by atoms with Gasteiger partial charge in [-0.2, -0.15) is 5.10 Å². The van der Waals surface area contributed by atoms with Gasteiger partial charge in [0.25, 0.3) is 5.91 Å². The van der Waals surface area contributed by atoms with Gasteiger partial charge < -0.3 is 5.11 Å². The number of carbonyl (C=O) groups excluding carboxylic acids is 1. The van der Waals surface area contributed by atoms with Gasteiger partial charge in [-0.1, -0.05) is 56.6 Å². The number of nitrogens with zero attached hydrogens (tertiary/aromatic N) is 2. The minimum atomic E-state index is -0.421. The summed E-state index contributed by atoms with van der Waals surface area (Å²) in [7, 11) is 0. The van der Waals surface area contributed by atoms with Crippen LogP contribution in [0.15, 0.2) is 65.9 Å². The van der Waals surface area contributed by atoms with Crippen molar-refractivity contribution in [3.05, 3.63) is 82.5 Å². The number of hydrogen-bond acceptors (Lipinski definition) is 4. The number of halogens is 1. The van der Waals surface area contributed by atoms with Crippen LogP contribution in [0.2, 0.25) is 5.02 Å². The van der Waals surface area contributed by atoms with Gasteiger partial charge in [-0.3, -0.25) is 9.78 Å². The maximum Gasteiger partial charge on any atom is 0.271 e. The first-order valence-corrected chi connectivity index (χ1v) is 9.51. The topological polar surface area (TPSA) is 74.6 Å². The maximum atomic E-state index is 12.1. The number of nitrogens with one attached hydrogen (secondary N) is 1. The minimum absolute atomic E-state index is 0.0773. The molecule has 0 radical (unpaired) electrons. The van der Waals surface area contributed by atoms with Gasteiger partial charge in [-0.05, 0) is 46.9 Å². The van der Waals surface area contributed by atoms with Crippen LogP contribution in [0.25, 0.3) is 11.3 Å². The first-order chi connectivity index (χ1) is 13.7. The van der Waals surface area contributed by atoms with E-state index in [2.05, 4.69) is 60.5 Å². The Morgan fingerprint density at radius 2 is 1.83 bits per heavy atom.